The molecule has 0 fully saturated rings. The van der Waals surface area contributed by atoms with Crippen molar-refractivity contribution in [2.45, 2.75) is 32.7 Å². The molecule has 4 nitrogen and oxygen atoms in total. The molecule has 1 heterocycles. The van der Waals surface area contributed by atoms with Gasteiger partial charge in [0.15, 0.2) is 0 Å². The van der Waals surface area contributed by atoms with Gasteiger partial charge in [-0.1, -0.05) is 20.3 Å². The van der Waals surface area contributed by atoms with Gasteiger partial charge in [-0.3, -0.25) is 11.3 Å². The van der Waals surface area contributed by atoms with Gasteiger partial charge in [0.25, 0.3) is 0 Å². The van der Waals surface area contributed by atoms with Crippen molar-refractivity contribution in [3.8, 4) is 0 Å². The molecule has 14 heavy (non-hydrogen) atoms. The van der Waals surface area contributed by atoms with E-state index in [1.165, 1.54) is 6.42 Å². The third-order valence-corrected chi connectivity index (χ3v) is 2.62. The van der Waals surface area contributed by atoms with E-state index >= 15 is 0 Å². The molecule has 0 radical (unpaired) electrons. The normalized spacial score (nSPS) is 15.4. The number of rotatable bonds is 5. The molecule has 1 rings (SSSR count). The molecule has 1 aromatic rings. The van der Waals surface area contributed by atoms with Crippen LogP contribution < -0.4 is 11.3 Å². The number of nitrogens with zero attached hydrogens (tertiary/aromatic N) is 2. The van der Waals surface area contributed by atoms with Crippen LogP contribution in [0.2, 0.25) is 0 Å². The molecule has 0 aromatic carbocycles. The van der Waals surface area contributed by atoms with Crippen molar-refractivity contribution in [2.24, 2.45) is 18.8 Å². The first-order chi connectivity index (χ1) is 6.67. The van der Waals surface area contributed by atoms with Gasteiger partial charge in [-0.15, -0.1) is 0 Å². The van der Waals surface area contributed by atoms with Crippen LogP contribution in [0.1, 0.15) is 38.4 Å². The largest absolute Gasteiger partial charge is 0.340 e. The highest BCUT2D eigenvalue weighted by molar-refractivity contribution is 5.03. The highest BCUT2D eigenvalue weighted by Gasteiger charge is 2.14. The van der Waals surface area contributed by atoms with E-state index in [1.807, 2.05) is 17.8 Å². The second-order valence-corrected chi connectivity index (χ2v) is 3.93. The quantitative estimate of drug-likeness (QED) is 0.552. The maximum Gasteiger partial charge on any atom is 0.0947 e. The summed E-state index contributed by atoms with van der Waals surface area (Å²) in [6, 6.07) is 0.172. The summed E-state index contributed by atoms with van der Waals surface area (Å²) in [5.74, 6) is 6.18. The van der Waals surface area contributed by atoms with Crippen molar-refractivity contribution >= 4 is 0 Å². The summed E-state index contributed by atoms with van der Waals surface area (Å²) in [5.41, 5.74) is 3.84. The minimum atomic E-state index is 0.172. The molecule has 0 aliphatic rings. The van der Waals surface area contributed by atoms with Crippen molar-refractivity contribution < 1.29 is 0 Å². The molecule has 2 atom stereocenters. The van der Waals surface area contributed by atoms with E-state index in [9.17, 15) is 0 Å². The molecule has 0 saturated carbocycles. The Bertz CT molecular complexity index is 269. The van der Waals surface area contributed by atoms with E-state index in [2.05, 4.69) is 24.3 Å². The van der Waals surface area contributed by atoms with Crippen LogP contribution in [0.15, 0.2) is 12.5 Å². The maximum absolute atomic E-state index is 5.52. The van der Waals surface area contributed by atoms with Crippen LogP contribution >= 0.6 is 0 Å². The van der Waals surface area contributed by atoms with Crippen molar-refractivity contribution in [1.29, 1.82) is 0 Å². The fourth-order valence-electron chi connectivity index (χ4n) is 1.46. The summed E-state index contributed by atoms with van der Waals surface area (Å²) < 4.78 is 1.94. The first-order valence-corrected chi connectivity index (χ1v) is 5.11. The van der Waals surface area contributed by atoms with Gasteiger partial charge >= 0.3 is 0 Å². The summed E-state index contributed by atoms with van der Waals surface area (Å²) in [7, 11) is 1.97. The van der Waals surface area contributed by atoms with E-state index in [0.717, 1.165) is 12.1 Å². The topological polar surface area (TPSA) is 55.9 Å². The van der Waals surface area contributed by atoms with Gasteiger partial charge < -0.3 is 4.57 Å². The maximum atomic E-state index is 5.52. The summed E-state index contributed by atoms with van der Waals surface area (Å²) >= 11 is 0. The van der Waals surface area contributed by atoms with E-state index in [0.29, 0.717) is 5.92 Å². The minimum Gasteiger partial charge on any atom is -0.340 e. The number of hydrogen-bond acceptors (Lipinski definition) is 3. The van der Waals surface area contributed by atoms with Crippen LogP contribution in [0.3, 0.4) is 0 Å². The monoisotopic (exact) mass is 196 g/mol. The van der Waals surface area contributed by atoms with E-state index < -0.39 is 0 Å². The van der Waals surface area contributed by atoms with Gasteiger partial charge in [-0.2, -0.15) is 0 Å². The third kappa shape index (κ3) is 2.82. The average molecular weight is 196 g/mol. The Kier molecular flexibility index (Phi) is 4.10. The van der Waals surface area contributed by atoms with E-state index in [-0.39, 0.29) is 6.04 Å². The number of nitrogens with two attached hydrogens (primary N) is 1. The molecule has 0 aliphatic heterocycles. The Morgan fingerprint density at radius 2 is 2.36 bits per heavy atom. The van der Waals surface area contributed by atoms with Crippen LogP contribution in [0.5, 0.6) is 0 Å². The average Bonchev–Trinajstić information content (AvgIpc) is 2.60. The molecule has 0 spiro atoms. The Morgan fingerprint density at radius 1 is 1.64 bits per heavy atom. The van der Waals surface area contributed by atoms with Gasteiger partial charge in [-0.25, -0.2) is 4.98 Å². The lowest BCUT2D eigenvalue weighted by Crippen LogP contribution is -2.29. The van der Waals surface area contributed by atoms with E-state index in [1.54, 1.807) is 6.33 Å². The van der Waals surface area contributed by atoms with Crippen molar-refractivity contribution in [2.75, 3.05) is 0 Å². The fourth-order valence-corrected chi connectivity index (χ4v) is 1.46. The zero-order valence-electron chi connectivity index (χ0n) is 9.20. The lowest BCUT2D eigenvalue weighted by molar-refractivity contribution is 0.402. The molecule has 0 amide bonds. The minimum absolute atomic E-state index is 0.172. The molecule has 0 saturated heterocycles. The first kappa shape index (κ1) is 11.2. The number of imidazole rings is 1. The molecule has 80 valence electrons. The molecule has 4 heteroatoms. The number of nitrogens with one attached hydrogen (secondary N) is 1. The van der Waals surface area contributed by atoms with Gasteiger partial charge in [0.1, 0.15) is 0 Å². The fraction of sp³-hybridized carbons (Fsp3) is 0.700. The second kappa shape index (κ2) is 5.12. The summed E-state index contributed by atoms with van der Waals surface area (Å²) in [4.78, 5) is 4.29. The zero-order valence-corrected chi connectivity index (χ0v) is 9.20. The second-order valence-electron chi connectivity index (χ2n) is 3.93. The van der Waals surface area contributed by atoms with Crippen LogP contribution in [-0.4, -0.2) is 9.55 Å². The van der Waals surface area contributed by atoms with Gasteiger partial charge in [0.05, 0.1) is 18.1 Å². The summed E-state index contributed by atoms with van der Waals surface area (Å²) in [6.07, 6.45) is 6.01. The SMILES string of the molecule is CCC(C)CC(NN)c1cn(C)cn1. The highest BCUT2D eigenvalue weighted by Crippen LogP contribution is 2.20. The van der Waals surface area contributed by atoms with Gasteiger partial charge in [0, 0.05) is 13.2 Å². The van der Waals surface area contributed by atoms with Crippen molar-refractivity contribution in [3.05, 3.63) is 18.2 Å². The standard InChI is InChI=1S/C10H20N4/c1-4-8(2)5-9(13-11)10-6-14(3)7-12-10/h6-9,13H,4-5,11H2,1-3H3. The number of aryl methyl sites for hydroxylation is 1. The van der Waals surface area contributed by atoms with Crippen molar-refractivity contribution in [3.63, 3.8) is 0 Å². The lowest BCUT2D eigenvalue weighted by Gasteiger charge is -2.17. The van der Waals surface area contributed by atoms with Crippen molar-refractivity contribution in [1.82, 2.24) is 15.0 Å². The third-order valence-electron chi connectivity index (χ3n) is 2.62. The number of hydrogen-bond donors (Lipinski definition) is 2. The van der Waals surface area contributed by atoms with Crippen LogP contribution in [-0.2, 0) is 7.05 Å². The highest BCUT2D eigenvalue weighted by atomic mass is 15.2. The molecule has 0 aliphatic carbocycles. The Hall–Kier alpha value is -0.870. The van der Waals surface area contributed by atoms with Gasteiger partial charge in [0.2, 0.25) is 0 Å². The van der Waals surface area contributed by atoms with Gasteiger partial charge in [-0.05, 0) is 12.3 Å². The van der Waals surface area contributed by atoms with Crippen LogP contribution in [0.4, 0.5) is 0 Å². The molecule has 3 N–H and O–H groups in total. The number of aromatic nitrogens is 2. The summed E-state index contributed by atoms with van der Waals surface area (Å²) in [6.45, 7) is 4.42. The Balaban J connectivity index is 2.62. The predicted octanol–water partition coefficient (Wildman–Crippen LogP) is 1.36. The molecular formula is C10H20N4. The van der Waals surface area contributed by atoms with Crippen LogP contribution in [0, 0.1) is 5.92 Å². The molecule has 1 aromatic heterocycles. The zero-order chi connectivity index (χ0) is 10.6. The Labute approximate surface area is 85.5 Å². The Morgan fingerprint density at radius 3 is 2.79 bits per heavy atom. The lowest BCUT2D eigenvalue weighted by atomic mass is 9.98. The molecular weight excluding hydrogens is 176 g/mol. The number of hydrazine groups is 1. The summed E-state index contributed by atoms with van der Waals surface area (Å²) in [5, 5.41) is 0. The molecule has 2 unspecified atom stereocenters. The van der Waals surface area contributed by atoms with Crippen LogP contribution in [0.25, 0.3) is 0 Å². The molecule has 0 bridgehead atoms. The predicted molar refractivity (Wildman–Crippen MR) is 57.3 cm³/mol. The smallest absolute Gasteiger partial charge is 0.0947 e. The first-order valence-electron chi connectivity index (χ1n) is 5.11. The van der Waals surface area contributed by atoms with E-state index in [4.69, 9.17) is 5.84 Å².